The molecule has 0 fully saturated rings. The number of carbonyl (C=O) groups is 1. The number of hydrogen-bond acceptors (Lipinski definition) is 4. The first-order valence-corrected chi connectivity index (χ1v) is 9.59. The summed E-state index contributed by atoms with van der Waals surface area (Å²) in [6.07, 6.45) is 0.220. The Morgan fingerprint density at radius 2 is 1.74 bits per heavy atom. The van der Waals surface area contributed by atoms with Gasteiger partial charge in [0.2, 0.25) is 0 Å². The predicted molar refractivity (Wildman–Crippen MR) is 112 cm³/mol. The average Bonchev–Trinajstić information content (AvgIpc) is 2.49. The minimum atomic E-state index is -1.33. The highest BCUT2D eigenvalue weighted by Crippen LogP contribution is 2.34. The number of rotatable bonds is 5. The fourth-order valence-corrected chi connectivity index (χ4v) is 3.23. The SMILES string of the molecule is N[C@](I)(Cc1ccc(Oc2ccc(O)c(I)c2I)cc1)C(=O)O. The zero-order valence-corrected chi connectivity index (χ0v) is 18.1. The number of aromatic hydroxyl groups is 1. The van der Waals surface area contributed by atoms with Gasteiger partial charge < -0.3 is 20.7 Å². The van der Waals surface area contributed by atoms with Crippen molar-refractivity contribution in [2.24, 2.45) is 5.73 Å². The number of benzene rings is 2. The average molecular weight is 651 g/mol. The molecule has 2 aromatic carbocycles. The highest BCUT2D eigenvalue weighted by atomic mass is 127. The van der Waals surface area contributed by atoms with E-state index in [0.29, 0.717) is 11.5 Å². The molecule has 0 heterocycles. The van der Waals surface area contributed by atoms with E-state index < -0.39 is 9.51 Å². The minimum absolute atomic E-state index is 0.215. The number of ether oxygens (including phenoxy) is 1. The van der Waals surface area contributed by atoms with Gasteiger partial charge in [0.1, 0.15) is 17.2 Å². The summed E-state index contributed by atoms with van der Waals surface area (Å²) in [4.78, 5) is 11.1. The van der Waals surface area contributed by atoms with Crippen LogP contribution in [0, 0.1) is 7.14 Å². The summed E-state index contributed by atoms with van der Waals surface area (Å²) in [5.74, 6) is 0.437. The van der Waals surface area contributed by atoms with Gasteiger partial charge in [-0.05, 0) is 97.6 Å². The molecule has 4 N–H and O–H groups in total. The van der Waals surface area contributed by atoms with Gasteiger partial charge in [-0.15, -0.1) is 0 Å². The van der Waals surface area contributed by atoms with Crippen LogP contribution in [0.4, 0.5) is 0 Å². The van der Waals surface area contributed by atoms with Crippen LogP contribution >= 0.6 is 67.8 Å². The molecule has 122 valence electrons. The summed E-state index contributed by atoms with van der Waals surface area (Å²) in [5.41, 5.74) is 6.55. The van der Waals surface area contributed by atoms with Crippen molar-refractivity contribution in [3.8, 4) is 17.2 Å². The second kappa shape index (κ2) is 7.70. The molecule has 0 amide bonds. The zero-order chi connectivity index (χ0) is 17.2. The van der Waals surface area contributed by atoms with E-state index in [-0.39, 0.29) is 12.2 Å². The van der Waals surface area contributed by atoms with E-state index in [0.717, 1.165) is 12.7 Å². The molecule has 23 heavy (non-hydrogen) atoms. The molecule has 0 aliphatic heterocycles. The highest BCUT2D eigenvalue weighted by molar-refractivity contribution is 14.1. The summed E-state index contributed by atoms with van der Waals surface area (Å²) in [6.45, 7) is 0. The fourth-order valence-electron chi connectivity index (χ4n) is 1.78. The van der Waals surface area contributed by atoms with E-state index in [1.54, 1.807) is 59.0 Å². The number of hydrogen-bond donors (Lipinski definition) is 3. The minimum Gasteiger partial charge on any atom is -0.507 e. The number of alkyl halides is 1. The van der Waals surface area contributed by atoms with Crippen molar-refractivity contribution in [2.45, 2.75) is 9.97 Å². The van der Waals surface area contributed by atoms with E-state index in [4.69, 9.17) is 15.6 Å². The zero-order valence-electron chi connectivity index (χ0n) is 11.6. The Morgan fingerprint density at radius 1 is 1.13 bits per heavy atom. The molecule has 0 aliphatic rings. The van der Waals surface area contributed by atoms with Crippen LogP contribution in [0.2, 0.25) is 0 Å². The molecule has 0 aromatic heterocycles. The van der Waals surface area contributed by atoms with Gasteiger partial charge in [-0.1, -0.05) is 12.1 Å². The molecular weight excluding hydrogens is 639 g/mol. The van der Waals surface area contributed by atoms with Gasteiger partial charge in [0.15, 0.2) is 3.55 Å². The van der Waals surface area contributed by atoms with E-state index in [1.807, 2.05) is 0 Å². The fraction of sp³-hybridized carbons (Fsp3) is 0.133. The predicted octanol–water partition coefficient (Wildman–Crippen LogP) is 4.11. The maximum Gasteiger partial charge on any atom is 0.334 e. The Hall–Kier alpha value is -0.340. The van der Waals surface area contributed by atoms with Crippen molar-refractivity contribution in [1.82, 2.24) is 0 Å². The third-order valence-electron chi connectivity index (χ3n) is 2.99. The van der Waals surface area contributed by atoms with Gasteiger partial charge in [-0.2, -0.15) is 0 Å². The number of carboxylic acids is 1. The quantitative estimate of drug-likeness (QED) is 0.258. The van der Waals surface area contributed by atoms with E-state index in [2.05, 4.69) is 45.2 Å². The molecule has 8 heteroatoms. The smallest absolute Gasteiger partial charge is 0.334 e. The van der Waals surface area contributed by atoms with Crippen molar-refractivity contribution in [2.75, 3.05) is 0 Å². The largest absolute Gasteiger partial charge is 0.507 e. The molecule has 0 saturated heterocycles. The second-order valence-corrected chi connectivity index (χ2v) is 8.88. The van der Waals surface area contributed by atoms with E-state index in [9.17, 15) is 9.90 Å². The number of phenolic OH excluding ortho intramolecular Hbond substituents is 1. The topological polar surface area (TPSA) is 92.8 Å². The van der Waals surface area contributed by atoms with Crippen LogP contribution in [0.1, 0.15) is 5.56 Å². The Kier molecular flexibility index (Phi) is 6.35. The first-order valence-electron chi connectivity index (χ1n) is 6.35. The van der Waals surface area contributed by atoms with Gasteiger partial charge in [0.05, 0.1) is 7.14 Å². The van der Waals surface area contributed by atoms with Crippen molar-refractivity contribution in [3.05, 3.63) is 49.1 Å². The van der Waals surface area contributed by atoms with Crippen LogP contribution < -0.4 is 10.5 Å². The Balaban J connectivity index is 2.15. The molecule has 0 bridgehead atoms. The Labute approximate surface area is 174 Å². The van der Waals surface area contributed by atoms with Crippen LogP contribution in [0.5, 0.6) is 17.2 Å². The van der Waals surface area contributed by atoms with Crippen LogP contribution in [-0.4, -0.2) is 19.7 Å². The van der Waals surface area contributed by atoms with Gasteiger partial charge in [-0.3, -0.25) is 0 Å². The monoisotopic (exact) mass is 651 g/mol. The molecule has 0 aliphatic carbocycles. The lowest BCUT2D eigenvalue weighted by molar-refractivity contribution is -0.139. The molecular formula is C15H12I3NO4. The summed E-state index contributed by atoms with van der Waals surface area (Å²) in [7, 11) is 0. The molecule has 0 saturated carbocycles. The van der Waals surface area contributed by atoms with Crippen molar-refractivity contribution < 1.29 is 19.7 Å². The first-order chi connectivity index (χ1) is 10.7. The Morgan fingerprint density at radius 3 is 2.30 bits per heavy atom. The maximum atomic E-state index is 11.1. The summed E-state index contributed by atoms with van der Waals surface area (Å²) < 4.78 is 6.03. The van der Waals surface area contributed by atoms with Gasteiger partial charge in [-0.25, -0.2) is 4.79 Å². The van der Waals surface area contributed by atoms with Gasteiger partial charge in [0, 0.05) is 6.42 Å². The number of phenols is 1. The molecule has 2 aromatic rings. The van der Waals surface area contributed by atoms with Gasteiger partial charge >= 0.3 is 5.97 Å². The lowest BCUT2D eigenvalue weighted by atomic mass is 10.1. The van der Waals surface area contributed by atoms with E-state index >= 15 is 0 Å². The summed E-state index contributed by atoms with van der Waals surface area (Å²) in [6, 6.07) is 10.4. The third-order valence-corrected chi connectivity index (χ3v) is 7.03. The first kappa shape index (κ1) is 19.0. The van der Waals surface area contributed by atoms with E-state index in [1.165, 1.54) is 0 Å². The normalized spacial score (nSPS) is 13.4. The molecule has 1 atom stereocenters. The van der Waals surface area contributed by atoms with Crippen molar-refractivity contribution >= 4 is 73.7 Å². The lowest BCUT2D eigenvalue weighted by Gasteiger charge is -2.17. The summed E-state index contributed by atoms with van der Waals surface area (Å²) in [5, 5.41) is 18.7. The van der Waals surface area contributed by atoms with Crippen LogP contribution in [0.25, 0.3) is 0 Å². The highest BCUT2D eigenvalue weighted by Gasteiger charge is 2.30. The van der Waals surface area contributed by atoms with Crippen molar-refractivity contribution in [1.29, 1.82) is 0 Å². The lowest BCUT2D eigenvalue weighted by Crippen LogP contribution is -2.43. The third kappa shape index (κ3) is 4.82. The summed E-state index contributed by atoms with van der Waals surface area (Å²) >= 11 is 5.90. The van der Waals surface area contributed by atoms with Crippen LogP contribution in [-0.2, 0) is 11.2 Å². The number of aliphatic carboxylic acids is 1. The number of halogens is 3. The molecule has 5 nitrogen and oxygen atoms in total. The second-order valence-electron chi connectivity index (χ2n) is 4.80. The molecule has 0 unspecified atom stereocenters. The molecule has 2 rings (SSSR count). The Bertz CT molecular complexity index is 732. The van der Waals surface area contributed by atoms with Gasteiger partial charge in [0.25, 0.3) is 0 Å². The van der Waals surface area contributed by atoms with Crippen molar-refractivity contribution in [3.63, 3.8) is 0 Å². The van der Waals surface area contributed by atoms with Crippen LogP contribution in [0.3, 0.4) is 0 Å². The maximum absolute atomic E-state index is 11.1. The molecule has 0 spiro atoms. The molecule has 0 radical (unpaired) electrons. The van der Waals surface area contributed by atoms with Crippen LogP contribution in [0.15, 0.2) is 36.4 Å². The standard InChI is InChI=1S/C15H12I3NO4/c16-12-10(20)5-6-11(13(12)17)23-9-3-1-8(2-4-9)7-15(18,19)14(21)22/h1-6,20H,7,19H2,(H,21,22)/t15-/m1/s1. The number of carboxylic acid groups (broad SMARTS) is 1. The number of nitrogens with two attached hydrogens (primary N) is 1.